The number of thiazole rings is 1. The molecule has 1 amide bonds. The number of carbonyl (C=O) groups excluding carboxylic acids is 1. The Morgan fingerprint density at radius 2 is 1.78 bits per heavy atom. The van der Waals surface area contributed by atoms with E-state index in [0.29, 0.717) is 6.61 Å². The zero-order chi connectivity index (χ0) is 27.5. The number of hydrogen-bond acceptors (Lipinski definition) is 7. The SMILES string of the molecule is C[n+]1ccsc1[C@@H]1OC(C)(C)O[C@H]1[C@@H](O[Si](C)(C)C(C)(C)C)[C@H]1COC(C)(C)N1C(=O)OC(C)(C)C. The van der Waals surface area contributed by atoms with Crippen LogP contribution in [0.15, 0.2) is 11.6 Å². The highest BCUT2D eigenvalue weighted by molar-refractivity contribution is 7.09. The van der Waals surface area contributed by atoms with Crippen LogP contribution in [-0.4, -0.2) is 61.3 Å². The Morgan fingerprint density at radius 1 is 1.17 bits per heavy atom. The Morgan fingerprint density at radius 3 is 2.28 bits per heavy atom. The third-order valence-corrected chi connectivity index (χ3v) is 12.7. The zero-order valence-corrected chi connectivity index (χ0v) is 26.2. The standard InChI is InChI=1S/C26H47N2O6SSi/c1-23(2,3)33-22(29)28-17(16-30-25(28,7)8)18(34-36(12,13)24(4,5)6)19-20(32-26(9,10)31-19)21-27(11)14-15-35-21/h14-15,17-20H,16H2,1-13H3/q+1/t17-,18+,19+,20-/m1/s1. The van der Waals surface area contributed by atoms with Gasteiger partial charge in [-0.2, -0.15) is 4.57 Å². The Balaban J connectivity index is 2.11. The van der Waals surface area contributed by atoms with Crippen molar-refractivity contribution >= 4 is 25.7 Å². The summed E-state index contributed by atoms with van der Waals surface area (Å²) in [5.74, 6) is -0.812. The quantitative estimate of drug-likeness (QED) is 0.359. The molecule has 206 valence electrons. The highest BCUT2D eigenvalue weighted by Gasteiger charge is 2.59. The van der Waals surface area contributed by atoms with Crippen LogP contribution in [0.3, 0.4) is 0 Å². The highest BCUT2D eigenvalue weighted by Crippen LogP contribution is 2.46. The summed E-state index contributed by atoms with van der Waals surface area (Å²) in [5.41, 5.74) is -1.50. The van der Waals surface area contributed by atoms with Crippen molar-refractivity contribution in [1.82, 2.24) is 4.90 Å². The lowest BCUT2D eigenvalue weighted by Crippen LogP contribution is -2.60. The minimum absolute atomic E-state index is 0.0466. The van der Waals surface area contributed by atoms with Gasteiger partial charge in [-0.1, -0.05) is 32.1 Å². The molecule has 10 heteroatoms. The molecule has 0 spiro atoms. The molecule has 2 aliphatic rings. The third-order valence-electron chi connectivity index (χ3n) is 7.24. The molecule has 0 bridgehead atoms. The number of nitrogens with zero attached hydrogens (tertiary/aromatic N) is 2. The average molecular weight is 544 g/mol. The molecule has 0 saturated carbocycles. The maximum absolute atomic E-state index is 13.6. The highest BCUT2D eigenvalue weighted by atomic mass is 32.1. The van der Waals surface area contributed by atoms with Crippen LogP contribution < -0.4 is 4.57 Å². The van der Waals surface area contributed by atoms with Crippen molar-refractivity contribution in [3.8, 4) is 0 Å². The maximum atomic E-state index is 13.6. The first-order chi connectivity index (χ1) is 16.2. The van der Waals surface area contributed by atoms with Gasteiger partial charge in [0.1, 0.15) is 24.5 Å². The van der Waals surface area contributed by atoms with Crippen molar-refractivity contribution < 1.29 is 32.7 Å². The van der Waals surface area contributed by atoms with Gasteiger partial charge in [-0.3, -0.25) is 4.90 Å². The Hall–Kier alpha value is -1.04. The van der Waals surface area contributed by atoms with Gasteiger partial charge in [0, 0.05) is 0 Å². The van der Waals surface area contributed by atoms with Crippen molar-refractivity contribution in [3.63, 3.8) is 0 Å². The first kappa shape index (κ1) is 29.5. The largest absolute Gasteiger partial charge is 0.444 e. The summed E-state index contributed by atoms with van der Waals surface area (Å²) >= 11 is 1.63. The van der Waals surface area contributed by atoms with Gasteiger partial charge in [0.25, 0.3) is 5.01 Å². The van der Waals surface area contributed by atoms with Gasteiger partial charge >= 0.3 is 6.09 Å². The molecule has 3 heterocycles. The van der Waals surface area contributed by atoms with Crippen LogP contribution in [0, 0.1) is 0 Å². The molecule has 0 N–H and O–H groups in total. The van der Waals surface area contributed by atoms with Crippen molar-refractivity contribution in [3.05, 3.63) is 16.6 Å². The van der Waals surface area contributed by atoms with E-state index in [1.807, 2.05) is 67.1 Å². The van der Waals surface area contributed by atoms with Gasteiger partial charge in [0.15, 0.2) is 26.4 Å². The first-order valence-electron chi connectivity index (χ1n) is 12.8. The van der Waals surface area contributed by atoms with E-state index in [-0.39, 0.29) is 11.1 Å². The van der Waals surface area contributed by atoms with Crippen LogP contribution in [0.4, 0.5) is 4.79 Å². The van der Waals surface area contributed by atoms with Gasteiger partial charge in [-0.25, -0.2) is 4.79 Å². The first-order valence-corrected chi connectivity index (χ1v) is 16.6. The number of ether oxygens (including phenoxy) is 4. The fraction of sp³-hybridized carbons (Fsp3) is 0.846. The summed E-state index contributed by atoms with van der Waals surface area (Å²) < 4.78 is 34.3. The van der Waals surface area contributed by atoms with Crippen molar-refractivity contribution in [2.24, 2.45) is 7.05 Å². The molecule has 8 nitrogen and oxygen atoms in total. The second-order valence-corrected chi connectivity index (χ2v) is 19.1. The number of hydrogen-bond donors (Lipinski definition) is 0. The molecular formula is C26H47N2O6SSi+. The van der Waals surface area contributed by atoms with Crippen LogP contribution in [0.2, 0.25) is 18.1 Å². The zero-order valence-electron chi connectivity index (χ0n) is 24.4. The summed E-state index contributed by atoms with van der Waals surface area (Å²) in [6.45, 7) is 24.7. The van der Waals surface area contributed by atoms with Crippen LogP contribution in [0.5, 0.6) is 0 Å². The van der Waals surface area contributed by atoms with Crippen LogP contribution in [0.1, 0.15) is 80.3 Å². The van der Waals surface area contributed by atoms with E-state index in [2.05, 4.69) is 38.4 Å². The third kappa shape index (κ3) is 6.15. The molecule has 0 radical (unpaired) electrons. The fourth-order valence-electron chi connectivity index (χ4n) is 4.46. The second-order valence-electron chi connectivity index (χ2n) is 13.4. The maximum Gasteiger partial charge on any atom is 0.412 e. The molecule has 2 saturated heterocycles. The molecule has 3 rings (SSSR count). The molecule has 0 aliphatic carbocycles. The number of aryl methyl sites for hydroxylation is 1. The summed E-state index contributed by atoms with van der Waals surface area (Å²) in [5, 5.41) is 3.03. The summed E-state index contributed by atoms with van der Waals surface area (Å²) in [4.78, 5) is 15.3. The van der Waals surface area contributed by atoms with Crippen LogP contribution in [-0.2, 0) is 30.4 Å². The summed E-state index contributed by atoms with van der Waals surface area (Å²) in [6.07, 6.45) is 0.296. The van der Waals surface area contributed by atoms with E-state index in [1.165, 1.54) is 0 Å². The normalized spacial score (nSPS) is 27.4. The number of amides is 1. The lowest BCUT2D eigenvalue weighted by Gasteiger charge is -2.45. The number of aromatic nitrogens is 1. The van der Waals surface area contributed by atoms with E-state index in [0.717, 1.165) is 5.01 Å². The van der Waals surface area contributed by atoms with Crippen molar-refractivity contribution in [2.75, 3.05) is 6.61 Å². The predicted octanol–water partition coefficient (Wildman–Crippen LogP) is 5.53. The predicted molar refractivity (Wildman–Crippen MR) is 142 cm³/mol. The Bertz CT molecular complexity index is 949. The average Bonchev–Trinajstić information content (AvgIpc) is 3.31. The fourth-order valence-corrected chi connectivity index (χ4v) is 6.71. The van der Waals surface area contributed by atoms with E-state index in [1.54, 1.807) is 16.2 Å². The molecule has 0 aromatic carbocycles. The van der Waals surface area contributed by atoms with Crippen LogP contribution in [0.25, 0.3) is 0 Å². The lowest BCUT2D eigenvalue weighted by atomic mass is 10.00. The van der Waals surface area contributed by atoms with Gasteiger partial charge < -0.3 is 23.4 Å². The van der Waals surface area contributed by atoms with Crippen LogP contribution >= 0.6 is 11.3 Å². The summed E-state index contributed by atoms with van der Waals surface area (Å²) in [6, 6.07) is -0.417. The smallest absolute Gasteiger partial charge is 0.412 e. The van der Waals surface area contributed by atoms with E-state index >= 15 is 0 Å². The van der Waals surface area contributed by atoms with E-state index < -0.39 is 49.8 Å². The van der Waals surface area contributed by atoms with Gasteiger partial charge in [0.05, 0.1) is 24.1 Å². The molecule has 2 fully saturated rings. The molecule has 1 aromatic rings. The molecule has 36 heavy (non-hydrogen) atoms. The number of rotatable bonds is 5. The van der Waals surface area contributed by atoms with E-state index in [4.69, 9.17) is 23.4 Å². The second kappa shape index (κ2) is 9.61. The molecule has 0 unspecified atom stereocenters. The minimum atomic E-state index is -2.31. The van der Waals surface area contributed by atoms with Crippen molar-refractivity contribution in [1.29, 1.82) is 0 Å². The molecular weight excluding hydrogens is 496 g/mol. The topological polar surface area (TPSA) is 70.3 Å². The lowest BCUT2D eigenvalue weighted by molar-refractivity contribution is -0.677. The summed E-state index contributed by atoms with van der Waals surface area (Å²) in [7, 11) is -0.298. The van der Waals surface area contributed by atoms with Gasteiger partial charge in [-0.05, 0) is 66.6 Å². The Kier molecular flexibility index (Phi) is 7.88. The monoisotopic (exact) mass is 543 g/mol. The van der Waals surface area contributed by atoms with Gasteiger partial charge in [0.2, 0.25) is 0 Å². The molecule has 2 aliphatic heterocycles. The molecule has 1 aromatic heterocycles. The number of carbonyl (C=O) groups is 1. The minimum Gasteiger partial charge on any atom is -0.444 e. The van der Waals surface area contributed by atoms with Crippen molar-refractivity contribution in [2.45, 2.75) is 129 Å². The molecule has 4 atom stereocenters. The van der Waals surface area contributed by atoms with Gasteiger partial charge in [-0.15, -0.1) is 0 Å². The Labute approximate surface area is 222 Å². The van der Waals surface area contributed by atoms with E-state index in [9.17, 15) is 4.79 Å².